The van der Waals surface area contributed by atoms with Crippen LogP contribution in [0.5, 0.6) is 17.2 Å². The lowest BCUT2D eigenvalue weighted by Crippen LogP contribution is -2.55. The molecule has 0 radical (unpaired) electrons. The number of aliphatic hydroxyl groups is 3. The van der Waals surface area contributed by atoms with Crippen LogP contribution in [0.2, 0.25) is 0 Å². The first kappa shape index (κ1) is 35.5. The first-order valence-corrected chi connectivity index (χ1v) is 15.2. The number of hydrogen-bond donors (Lipinski definition) is 4. The van der Waals surface area contributed by atoms with Crippen LogP contribution in [-0.2, 0) is 14.2 Å². The molecule has 2 rings (SSSR count). The van der Waals surface area contributed by atoms with Gasteiger partial charge in [0.25, 0.3) is 0 Å². The molecule has 0 bridgehead atoms. The number of aliphatic hydroxyl groups excluding tert-OH is 3. The van der Waals surface area contributed by atoms with Crippen LogP contribution in [0.1, 0.15) is 91.9 Å². The van der Waals surface area contributed by atoms with Crippen LogP contribution in [0, 0.1) is 0 Å². The zero-order valence-corrected chi connectivity index (χ0v) is 26.0. The van der Waals surface area contributed by atoms with Crippen molar-refractivity contribution in [2.45, 2.75) is 135 Å². The van der Waals surface area contributed by atoms with Crippen molar-refractivity contribution in [1.29, 1.82) is 0 Å². The summed E-state index contributed by atoms with van der Waals surface area (Å²) in [6.07, 6.45) is 5.69. The quantitative estimate of drug-likeness (QED) is 0.121. The molecule has 1 aromatic carbocycles. The van der Waals surface area contributed by atoms with Crippen molar-refractivity contribution < 1.29 is 43.7 Å². The number of hydrogen-bond acceptors (Lipinski definition) is 10. The van der Waals surface area contributed by atoms with E-state index in [-0.39, 0.29) is 17.4 Å². The SMILES string of the molecule is CCCCCCCCCCNC1(C)CC(C)OC(OC(C(C)O)C(Oc2c(OC)cccc2OC)OC(O)CO)C1. The number of benzene rings is 1. The van der Waals surface area contributed by atoms with Gasteiger partial charge in [-0.2, -0.15) is 0 Å². The van der Waals surface area contributed by atoms with Gasteiger partial charge in [-0.05, 0) is 52.3 Å². The Labute approximate surface area is 246 Å². The van der Waals surface area contributed by atoms with Gasteiger partial charge in [-0.3, -0.25) is 0 Å². The Morgan fingerprint density at radius 2 is 1.61 bits per heavy atom. The highest BCUT2D eigenvalue weighted by Gasteiger charge is 2.41. The minimum atomic E-state index is -1.57. The Kier molecular flexibility index (Phi) is 16.3. The number of methoxy groups -OCH3 is 2. The molecule has 41 heavy (non-hydrogen) atoms. The van der Waals surface area contributed by atoms with Crippen LogP contribution >= 0.6 is 0 Å². The van der Waals surface area contributed by atoms with Crippen molar-refractivity contribution in [3.05, 3.63) is 18.2 Å². The maximum atomic E-state index is 10.8. The molecule has 7 atom stereocenters. The van der Waals surface area contributed by atoms with Crippen LogP contribution in [0.3, 0.4) is 0 Å². The Morgan fingerprint density at radius 1 is 1.00 bits per heavy atom. The molecule has 0 aromatic heterocycles. The molecule has 1 aromatic rings. The van der Waals surface area contributed by atoms with Crippen molar-refractivity contribution >= 4 is 0 Å². The topological polar surface area (TPSA) is 128 Å². The van der Waals surface area contributed by atoms with E-state index >= 15 is 0 Å². The molecule has 10 heteroatoms. The van der Waals surface area contributed by atoms with Gasteiger partial charge in [0.2, 0.25) is 12.0 Å². The molecule has 1 heterocycles. The van der Waals surface area contributed by atoms with E-state index in [1.54, 1.807) is 25.1 Å². The predicted molar refractivity (Wildman–Crippen MR) is 157 cm³/mol. The van der Waals surface area contributed by atoms with Crippen LogP contribution in [0.4, 0.5) is 0 Å². The second-order valence-electron chi connectivity index (χ2n) is 11.3. The van der Waals surface area contributed by atoms with Crippen LogP contribution < -0.4 is 19.5 Å². The maximum Gasteiger partial charge on any atom is 0.231 e. The second kappa shape index (κ2) is 18.8. The van der Waals surface area contributed by atoms with Gasteiger partial charge in [0.05, 0.1) is 33.0 Å². The summed E-state index contributed by atoms with van der Waals surface area (Å²) >= 11 is 0. The number of unbranched alkanes of at least 4 members (excludes halogenated alkanes) is 7. The summed E-state index contributed by atoms with van der Waals surface area (Å²) in [7, 11) is 2.98. The van der Waals surface area contributed by atoms with E-state index in [1.807, 2.05) is 6.92 Å². The summed E-state index contributed by atoms with van der Waals surface area (Å²) in [5.74, 6) is 0.929. The molecule has 0 aliphatic carbocycles. The molecule has 238 valence electrons. The Hall–Kier alpha value is -1.66. The molecule has 4 N–H and O–H groups in total. The normalized spacial score (nSPS) is 23.9. The van der Waals surface area contributed by atoms with Crippen molar-refractivity contribution in [3.8, 4) is 17.2 Å². The van der Waals surface area contributed by atoms with E-state index in [0.29, 0.717) is 17.9 Å². The van der Waals surface area contributed by atoms with Gasteiger partial charge in [0, 0.05) is 12.0 Å². The fraction of sp³-hybridized carbons (Fsp3) is 0.806. The van der Waals surface area contributed by atoms with E-state index in [0.717, 1.165) is 19.4 Å². The van der Waals surface area contributed by atoms with E-state index in [9.17, 15) is 15.3 Å². The summed E-state index contributed by atoms with van der Waals surface area (Å²) in [4.78, 5) is 0. The first-order chi connectivity index (χ1) is 19.7. The van der Waals surface area contributed by atoms with Gasteiger partial charge in [-0.15, -0.1) is 0 Å². The molecular weight excluding hydrogens is 530 g/mol. The number of nitrogens with one attached hydrogen (secondary N) is 1. The number of ether oxygens (including phenoxy) is 6. The molecule has 0 amide bonds. The summed E-state index contributed by atoms with van der Waals surface area (Å²) < 4.78 is 35.0. The minimum absolute atomic E-state index is 0.0860. The van der Waals surface area contributed by atoms with E-state index in [4.69, 9.17) is 28.4 Å². The molecule has 1 saturated heterocycles. The number of rotatable bonds is 21. The third-order valence-electron chi connectivity index (χ3n) is 7.44. The monoisotopic (exact) mass is 585 g/mol. The zero-order valence-electron chi connectivity index (χ0n) is 26.0. The van der Waals surface area contributed by atoms with Crippen molar-refractivity contribution in [2.75, 3.05) is 27.4 Å². The molecule has 0 spiro atoms. The van der Waals surface area contributed by atoms with Crippen LogP contribution in [0.25, 0.3) is 0 Å². The molecule has 10 nitrogen and oxygen atoms in total. The molecule has 0 saturated carbocycles. The summed E-state index contributed by atoms with van der Waals surface area (Å²) in [6.45, 7) is 8.20. The highest BCUT2D eigenvalue weighted by molar-refractivity contribution is 5.51. The minimum Gasteiger partial charge on any atom is -0.493 e. The maximum absolute atomic E-state index is 10.8. The highest BCUT2D eigenvalue weighted by atomic mass is 16.8. The predicted octanol–water partition coefficient (Wildman–Crippen LogP) is 4.52. The van der Waals surface area contributed by atoms with E-state index < -0.39 is 37.7 Å². The second-order valence-corrected chi connectivity index (χ2v) is 11.3. The van der Waals surface area contributed by atoms with Crippen molar-refractivity contribution in [3.63, 3.8) is 0 Å². The van der Waals surface area contributed by atoms with Gasteiger partial charge in [0.15, 0.2) is 24.1 Å². The Balaban J connectivity index is 2.08. The van der Waals surface area contributed by atoms with Gasteiger partial charge in [0.1, 0.15) is 6.10 Å². The third-order valence-corrected chi connectivity index (χ3v) is 7.44. The van der Waals surface area contributed by atoms with Crippen molar-refractivity contribution in [2.24, 2.45) is 0 Å². The lowest BCUT2D eigenvalue weighted by atomic mass is 9.88. The number of para-hydroxylation sites is 1. The van der Waals surface area contributed by atoms with Gasteiger partial charge in [-0.25, -0.2) is 0 Å². The van der Waals surface area contributed by atoms with Crippen LogP contribution in [-0.4, -0.2) is 85.4 Å². The lowest BCUT2D eigenvalue weighted by molar-refractivity contribution is -0.303. The average molecular weight is 586 g/mol. The smallest absolute Gasteiger partial charge is 0.231 e. The standard InChI is InChI=1S/C31H55NO9/c1-7-8-9-10-11-12-13-14-18-32-31(4)19-22(2)38-27(20-31)40-28(23(3)34)30(39-26(35)21-33)41-29-24(36-5)16-15-17-25(29)37-6/h15-17,22-23,26-28,30,32-35H,7-14,18-21H2,1-6H3. The lowest BCUT2D eigenvalue weighted by Gasteiger charge is -2.44. The summed E-state index contributed by atoms with van der Waals surface area (Å²) in [5.41, 5.74) is -0.222. The van der Waals surface area contributed by atoms with E-state index in [1.165, 1.54) is 59.2 Å². The molecule has 1 aliphatic heterocycles. The zero-order chi connectivity index (χ0) is 30.3. The van der Waals surface area contributed by atoms with Gasteiger partial charge < -0.3 is 49.1 Å². The fourth-order valence-corrected chi connectivity index (χ4v) is 5.31. The van der Waals surface area contributed by atoms with E-state index in [2.05, 4.69) is 19.2 Å². The average Bonchev–Trinajstić information content (AvgIpc) is 2.94. The molecular formula is C31H55NO9. The Morgan fingerprint density at radius 3 is 2.17 bits per heavy atom. The fourth-order valence-electron chi connectivity index (χ4n) is 5.31. The Bertz CT molecular complexity index is 820. The highest BCUT2D eigenvalue weighted by Crippen LogP contribution is 2.39. The molecule has 1 fully saturated rings. The van der Waals surface area contributed by atoms with Crippen molar-refractivity contribution in [1.82, 2.24) is 5.32 Å². The third kappa shape index (κ3) is 12.2. The van der Waals surface area contributed by atoms with Gasteiger partial charge >= 0.3 is 0 Å². The van der Waals surface area contributed by atoms with Gasteiger partial charge in [-0.1, -0.05) is 57.9 Å². The van der Waals surface area contributed by atoms with Crippen LogP contribution in [0.15, 0.2) is 18.2 Å². The summed E-state index contributed by atoms with van der Waals surface area (Å²) in [6, 6.07) is 5.11. The summed E-state index contributed by atoms with van der Waals surface area (Å²) in [5, 5.41) is 34.1. The largest absolute Gasteiger partial charge is 0.493 e. The molecule has 1 aliphatic rings. The molecule has 7 unspecified atom stereocenters. The first-order valence-electron chi connectivity index (χ1n) is 15.2.